The monoisotopic (exact) mass is 789 g/mol. The van der Waals surface area contributed by atoms with Crippen molar-refractivity contribution in [3.63, 3.8) is 0 Å². The van der Waals surface area contributed by atoms with Crippen LogP contribution in [0.15, 0.2) is 122 Å². The van der Waals surface area contributed by atoms with Gasteiger partial charge in [-0.3, -0.25) is 19.2 Å². The van der Waals surface area contributed by atoms with E-state index in [2.05, 4.69) is 81.0 Å². The Kier molecular flexibility index (Phi) is 11.4. The van der Waals surface area contributed by atoms with E-state index in [9.17, 15) is 31.7 Å². The number of furan rings is 1. The highest BCUT2D eigenvalue weighted by Gasteiger charge is 2.23. The van der Waals surface area contributed by atoms with Crippen LogP contribution in [0.3, 0.4) is 0 Å². The number of rotatable bonds is 7. The van der Waals surface area contributed by atoms with Crippen LogP contribution in [0.5, 0.6) is 0 Å². The zero-order valence-corrected chi connectivity index (χ0v) is 30.9. The summed E-state index contributed by atoms with van der Waals surface area (Å²) in [4.78, 5) is 22.2. The molecule has 0 aliphatic carbocycles. The minimum Gasteiger partial charge on any atom is -0.446 e. The number of carbonyl (C=O) groups excluding carboxylic acids is 1. The first-order valence-corrected chi connectivity index (χ1v) is 19.6. The highest BCUT2D eigenvalue weighted by Crippen LogP contribution is 2.31. The predicted molar refractivity (Wildman–Crippen MR) is 202 cm³/mol. The molecular formula is C37H35N5O11S2. The van der Waals surface area contributed by atoms with Crippen molar-refractivity contribution in [2.24, 2.45) is 5.10 Å². The van der Waals surface area contributed by atoms with Crippen LogP contribution in [0, 0.1) is 10.1 Å². The van der Waals surface area contributed by atoms with Gasteiger partial charge in [-0.15, -0.1) is 0 Å². The number of nitrogens with zero attached hydrogens (tertiary/aromatic N) is 5. The van der Waals surface area contributed by atoms with Gasteiger partial charge < -0.3 is 18.6 Å². The molecule has 2 N–H and O–H groups in total. The van der Waals surface area contributed by atoms with E-state index in [-0.39, 0.29) is 29.0 Å². The zero-order chi connectivity index (χ0) is 39.3. The number of aromatic nitrogens is 1. The van der Waals surface area contributed by atoms with Gasteiger partial charge in [0.25, 0.3) is 20.2 Å². The molecule has 0 bridgehead atoms. The van der Waals surface area contributed by atoms with E-state index >= 15 is 0 Å². The van der Waals surface area contributed by atoms with E-state index in [0.717, 1.165) is 43.2 Å². The molecule has 0 unspecified atom stereocenters. The summed E-state index contributed by atoms with van der Waals surface area (Å²) in [5.41, 5.74) is 5.80. The van der Waals surface area contributed by atoms with Gasteiger partial charge in [-0.2, -0.15) is 26.9 Å². The Balaban J connectivity index is 0.000000142. The normalized spacial score (nSPS) is 14.6. The number of nitro groups is 1. The maximum atomic E-state index is 11.2. The molecule has 4 aromatic carbocycles. The lowest BCUT2D eigenvalue weighted by Gasteiger charge is -2.24. The van der Waals surface area contributed by atoms with Gasteiger partial charge >= 0.3 is 12.0 Å². The number of carbonyl (C=O) groups is 1. The number of amides is 1. The van der Waals surface area contributed by atoms with Crippen LogP contribution >= 0.6 is 0 Å². The Hall–Kier alpha value is -5.92. The van der Waals surface area contributed by atoms with Gasteiger partial charge in [0.2, 0.25) is 0 Å². The minimum atomic E-state index is -4.47. The van der Waals surface area contributed by atoms with Gasteiger partial charge in [-0.05, 0) is 42.4 Å². The Bertz CT molecular complexity index is 2550. The lowest BCUT2D eigenvalue weighted by atomic mass is 10.1. The Morgan fingerprint density at radius 3 is 2.02 bits per heavy atom. The van der Waals surface area contributed by atoms with Crippen molar-refractivity contribution in [2.45, 2.75) is 29.3 Å². The number of fused-ring (bicyclic) bond motifs is 4. The number of likely N-dealkylation sites (N-methyl/N-ethyl adjacent to an activating group) is 1. The molecule has 1 amide bonds. The molecule has 286 valence electrons. The predicted octanol–water partition coefficient (Wildman–Crippen LogP) is 5.98. The molecule has 0 atom stereocenters. The molecule has 0 radical (unpaired) electrons. The van der Waals surface area contributed by atoms with Crippen molar-refractivity contribution in [3.05, 3.63) is 136 Å². The Morgan fingerprint density at radius 2 is 1.44 bits per heavy atom. The largest absolute Gasteiger partial charge is 0.446 e. The molecule has 0 spiro atoms. The minimum absolute atomic E-state index is 0.0233. The van der Waals surface area contributed by atoms with Gasteiger partial charge in [0.15, 0.2) is 5.76 Å². The molecule has 4 heterocycles. The fourth-order valence-electron chi connectivity index (χ4n) is 6.31. The number of hydrazone groups is 1. The van der Waals surface area contributed by atoms with Gasteiger partial charge in [-0.1, -0.05) is 72.8 Å². The van der Waals surface area contributed by atoms with E-state index in [1.807, 2.05) is 0 Å². The summed E-state index contributed by atoms with van der Waals surface area (Å²) < 4.78 is 74.7. The van der Waals surface area contributed by atoms with Crippen molar-refractivity contribution in [1.29, 1.82) is 0 Å². The maximum Gasteiger partial charge on any atom is 0.433 e. The third-order valence-corrected chi connectivity index (χ3v) is 10.6. The molecular weight excluding hydrogens is 755 g/mol. The van der Waals surface area contributed by atoms with Crippen molar-refractivity contribution < 1.29 is 44.8 Å². The summed E-state index contributed by atoms with van der Waals surface area (Å²) >= 11 is 0. The molecule has 18 heteroatoms. The number of benzene rings is 4. The quantitative estimate of drug-likeness (QED) is 0.0826. The van der Waals surface area contributed by atoms with Crippen LogP contribution in [0.2, 0.25) is 0 Å². The highest BCUT2D eigenvalue weighted by atomic mass is 32.2. The zero-order valence-electron chi connectivity index (χ0n) is 29.3. The molecule has 1 saturated heterocycles. The van der Waals surface area contributed by atoms with Gasteiger partial charge in [0, 0.05) is 53.4 Å². The first-order chi connectivity index (χ1) is 26.2. The Morgan fingerprint density at radius 1 is 0.818 bits per heavy atom. The van der Waals surface area contributed by atoms with E-state index in [1.54, 1.807) is 0 Å². The summed E-state index contributed by atoms with van der Waals surface area (Å²) in [7, 11) is -6.72. The molecule has 2 aliphatic rings. The van der Waals surface area contributed by atoms with Crippen molar-refractivity contribution in [1.82, 2.24) is 14.5 Å². The van der Waals surface area contributed by atoms with E-state index in [0.29, 0.717) is 6.54 Å². The maximum absolute atomic E-state index is 11.2. The third kappa shape index (κ3) is 9.07. The molecule has 0 saturated carbocycles. The lowest BCUT2D eigenvalue weighted by molar-refractivity contribution is -0.402. The van der Waals surface area contributed by atoms with Gasteiger partial charge in [0.05, 0.1) is 18.8 Å². The first kappa shape index (κ1) is 38.8. The third-order valence-electron chi connectivity index (χ3n) is 8.79. The first-order valence-electron chi connectivity index (χ1n) is 16.7. The number of hydrogen-bond donors (Lipinski definition) is 2. The van der Waals surface area contributed by atoms with Gasteiger partial charge in [-0.25, -0.2) is 4.79 Å². The number of cyclic esters (lactones) is 1. The molecule has 6 aromatic rings. The second-order valence-electron chi connectivity index (χ2n) is 12.5. The smallest absolute Gasteiger partial charge is 0.433 e. The van der Waals surface area contributed by atoms with Crippen LogP contribution < -0.4 is 0 Å². The van der Waals surface area contributed by atoms with Crippen molar-refractivity contribution in [2.75, 3.05) is 26.7 Å². The molecule has 2 aliphatic heterocycles. The van der Waals surface area contributed by atoms with Crippen molar-refractivity contribution in [3.8, 4) is 0 Å². The highest BCUT2D eigenvalue weighted by molar-refractivity contribution is 7.86. The summed E-state index contributed by atoms with van der Waals surface area (Å²) in [6.45, 7) is 3.84. The Labute approximate surface area is 315 Å². The molecule has 2 aromatic heterocycles. The number of para-hydroxylation sites is 1. The average Bonchev–Trinajstić information content (AvgIpc) is 3.88. The van der Waals surface area contributed by atoms with E-state index < -0.39 is 41.0 Å². The number of ether oxygens (including phenoxy) is 1. The molecule has 1 fully saturated rings. The average molecular weight is 790 g/mol. The van der Waals surface area contributed by atoms with Crippen molar-refractivity contribution >= 4 is 60.1 Å². The van der Waals surface area contributed by atoms with Gasteiger partial charge in [0.1, 0.15) is 21.3 Å². The second kappa shape index (κ2) is 16.2. The summed E-state index contributed by atoms with van der Waals surface area (Å²) in [5, 5.41) is 16.7. The van der Waals surface area contributed by atoms with Crippen LogP contribution in [-0.2, 0) is 44.5 Å². The van der Waals surface area contributed by atoms with Crippen LogP contribution in [0.1, 0.15) is 22.6 Å². The summed E-state index contributed by atoms with van der Waals surface area (Å²) in [6, 6.07) is 29.7. The fourth-order valence-corrected chi connectivity index (χ4v) is 7.72. The molecule has 55 heavy (non-hydrogen) atoms. The van der Waals surface area contributed by atoms with Crippen LogP contribution in [0.4, 0.5) is 10.7 Å². The molecule has 8 rings (SSSR count). The summed E-state index contributed by atoms with van der Waals surface area (Å²) in [6.07, 6.45) is 1.82. The van der Waals surface area contributed by atoms with Crippen LogP contribution in [-0.4, -0.2) is 84.4 Å². The second-order valence-corrected chi connectivity index (χ2v) is 15.3. The standard InChI is InChI=1S/C19H20N2.C10H8O6S2.C8H7N3O5/c1-20-12-11-19-17(14-20)16-9-5-6-10-18(16)21(19)13-15-7-3-2-4-8-15;11-17(12,13)9-5-1-3-7-8(9)4-2-6-10(7)18(14,15)16;12-8-10(3-4-15-8)9-5-6-1-2-7(16-6)11(13)14/h2-10H,11-14H2,1H3;1-6H,(H,11,12,13)(H,14,15,16);1-2,5H,3-4H2. The topological polar surface area (TPSA) is 215 Å². The lowest BCUT2D eigenvalue weighted by Crippen LogP contribution is -2.27. The number of hydrogen-bond acceptors (Lipinski definition) is 11. The SMILES string of the molecule is CN1CCc2c(c3ccccc3n2Cc2ccccc2)C1.O=C1OCCN1N=Cc1ccc([N+](=O)[O-])o1.O=S(=O)(O)c1cccc2c(S(=O)(=O)O)cccc12. The van der Waals surface area contributed by atoms with E-state index in [4.69, 9.17) is 13.5 Å². The molecule has 16 nitrogen and oxygen atoms in total. The fraction of sp³-hybridized carbons (Fsp3) is 0.189. The van der Waals surface area contributed by atoms with Crippen LogP contribution in [0.25, 0.3) is 21.7 Å². The van der Waals surface area contributed by atoms with E-state index in [1.165, 1.54) is 70.3 Å². The summed E-state index contributed by atoms with van der Waals surface area (Å²) in [5.74, 6) is -0.170.